The number of anilines is 1. The molecule has 3 aromatic carbocycles. The number of hydrogen-bond donors (Lipinski definition) is 0. The van der Waals surface area contributed by atoms with Gasteiger partial charge in [-0.3, -0.25) is 9.10 Å². The van der Waals surface area contributed by atoms with Crippen molar-refractivity contribution >= 4 is 32.4 Å². The Bertz CT molecular complexity index is 1470. The van der Waals surface area contributed by atoms with Crippen LogP contribution in [0.1, 0.15) is 49.4 Å². The molecule has 186 valence electrons. The molecule has 0 saturated carbocycles. The van der Waals surface area contributed by atoms with Crippen molar-refractivity contribution in [3.05, 3.63) is 71.3 Å². The van der Waals surface area contributed by atoms with E-state index in [4.69, 9.17) is 4.74 Å². The maximum Gasteiger partial charge on any atom is 0.235 e. The lowest BCUT2D eigenvalue weighted by molar-refractivity contribution is -0.130. The zero-order valence-electron chi connectivity index (χ0n) is 20.5. The minimum Gasteiger partial charge on any atom is -0.490 e. The zero-order valence-corrected chi connectivity index (χ0v) is 21.3. The van der Waals surface area contributed by atoms with Crippen molar-refractivity contribution in [3.8, 4) is 11.8 Å². The molecule has 8 heteroatoms. The van der Waals surface area contributed by atoms with Crippen LogP contribution in [-0.4, -0.2) is 44.2 Å². The van der Waals surface area contributed by atoms with E-state index >= 15 is 0 Å². The third-order valence-electron chi connectivity index (χ3n) is 7.22. The van der Waals surface area contributed by atoms with Crippen molar-refractivity contribution in [2.75, 3.05) is 23.1 Å². The molecule has 0 N–H and O–H groups in total. The number of nitrogens with zero attached hydrogens (tertiary/aromatic N) is 3. The molecule has 1 amide bonds. The molecule has 1 saturated heterocycles. The van der Waals surface area contributed by atoms with E-state index in [2.05, 4.69) is 6.07 Å². The summed E-state index contributed by atoms with van der Waals surface area (Å²) in [4.78, 5) is 13.4. The summed E-state index contributed by atoms with van der Waals surface area (Å²) >= 11 is 0. The van der Waals surface area contributed by atoms with E-state index in [1.807, 2.05) is 53.4 Å². The van der Waals surface area contributed by atoms with Gasteiger partial charge < -0.3 is 9.64 Å². The van der Waals surface area contributed by atoms with Gasteiger partial charge in [-0.15, -0.1) is 0 Å². The van der Waals surface area contributed by atoms with Crippen LogP contribution < -0.4 is 9.04 Å². The predicted molar refractivity (Wildman–Crippen MR) is 139 cm³/mol. The van der Waals surface area contributed by atoms with Crippen LogP contribution in [0.5, 0.6) is 5.75 Å². The molecule has 0 aromatic heterocycles. The lowest BCUT2D eigenvalue weighted by Crippen LogP contribution is -2.40. The molecule has 1 atom stereocenters. The van der Waals surface area contributed by atoms with Gasteiger partial charge in [0.05, 0.1) is 29.1 Å². The number of carbonyl (C=O) groups is 1. The van der Waals surface area contributed by atoms with Crippen LogP contribution in [0.4, 0.5) is 5.69 Å². The van der Waals surface area contributed by atoms with Gasteiger partial charge in [0, 0.05) is 39.3 Å². The number of fused-ring (bicyclic) bond motifs is 2. The van der Waals surface area contributed by atoms with Crippen LogP contribution in [0.3, 0.4) is 0 Å². The highest BCUT2D eigenvalue weighted by Crippen LogP contribution is 2.44. The molecule has 2 aliphatic rings. The number of nitriles is 1. The number of benzene rings is 3. The van der Waals surface area contributed by atoms with Crippen LogP contribution in [0.15, 0.2) is 54.6 Å². The fourth-order valence-electron chi connectivity index (χ4n) is 5.23. The highest BCUT2D eigenvalue weighted by atomic mass is 32.2. The molecule has 0 radical (unpaired) electrons. The zero-order chi connectivity index (χ0) is 25.4. The van der Waals surface area contributed by atoms with E-state index in [9.17, 15) is 18.5 Å². The lowest BCUT2D eigenvalue weighted by atomic mass is 9.98. The molecule has 2 heterocycles. The van der Waals surface area contributed by atoms with E-state index < -0.39 is 10.0 Å². The second kappa shape index (κ2) is 9.47. The molecule has 0 bridgehead atoms. The van der Waals surface area contributed by atoms with Crippen molar-refractivity contribution in [1.29, 1.82) is 5.26 Å². The molecule has 1 unspecified atom stereocenters. The topological polar surface area (TPSA) is 90.7 Å². The van der Waals surface area contributed by atoms with Crippen LogP contribution in [0.2, 0.25) is 0 Å². The maximum atomic E-state index is 13.2. The van der Waals surface area contributed by atoms with Gasteiger partial charge in [0.2, 0.25) is 15.9 Å². The maximum absolute atomic E-state index is 13.2. The van der Waals surface area contributed by atoms with E-state index in [1.165, 1.54) is 0 Å². The summed E-state index contributed by atoms with van der Waals surface area (Å²) in [6, 6.07) is 18.9. The number of hydrogen-bond acceptors (Lipinski definition) is 5. The third-order valence-corrected chi connectivity index (χ3v) is 9.00. The Morgan fingerprint density at radius 3 is 2.50 bits per heavy atom. The molecule has 5 rings (SSSR count). The van der Waals surface area contributed by atoms with Gasteiger partial charge in [0.25, 0.3) is 0 Å². The molecular weight excluding hydrogens is 474 g/mol. The van der Waals surface area contributed by atoms with Crippen molar-refractivity contribution in [2.24, 2.45) is 0 Å². The van der Waals surface area contributed by atoms with Gasteiger partial charge in [-0.2, -0.15) is 5.26 Å². The SMILES string of the molecule is CCS(=O)(=O)N1c2ccc(OC3CCN(C(C)=O)CC3)cc2CC1c1ccc2ccc(C#N)cc2c1. The Morgan fingerprint density at radius 2 is 1.81 bits per heavy atom. The van der Waals surface area contributed by atoms with Crippen molar-refractivity contribution in [3.63, 3.8) is 0 Å². The first-order chi connectivity index (χ1) is 17.3. The third kappa shape index (κ3) is 4.51. The van der Waals surface area contributed by atoms with Crippen molar-refractivity contribution < 1.29 is 17.9 Å². The second-order valence-electron chi connectivity index (χ2n) is 9.46. The second-order valence-corrected chi connectivity index (χ2v) is 11.6. The summed E-state index contributed by atoms with van der Waals surface area (Å²) in [7, 11) is -3.53. The average molecular weight is 504 g/mol. The van der Waals surface area contributed by atoms with Gasteiger partial charge in [-0.25, -0.2) is 8.42 Å². The van der Waals surface area contributed by atoms with Gasteiger partial charge in [-0.05, 0) is 65.2 Å². The first kappa shape index (κ1) is 24.1. The largest absolute Gasteiger partial charge is 0.490 e. The minimum atomic E-state index is -3.53. The fraction of sp³-hybridized carbons (Fsp3) is 0.357. The number of rotatable bonds is 5. The van der Waals surface area contributed by atoms with Gasteiger partial charge in [0.15, 0.2) is 0 Å². The van der Waals surface area contributed by atoms with Crippen molar-refractivity contribution in [2.45, 2.75) is 45.3 Å². The molecule has 0 aliphatic carbocycles. The molecule has 36 heavy (non-hydrogen) atoms. The average Bonchev–Trinajstić information content (AvgIpc) is 3.28. The number of carbonyl (C=O) groups excluding carboxylic acids is 1. The van der Waals surface area contributed by atoms with Gasteiger partial charge in [0.1, 0.15) is 11.9 Å². The summed E-state index contributed by atoms with van der Waals surface area (Å²) in [5.74, 6) is 0.815. The molecular formula is C28H29N3O4S. The number of piperidine rings is 1. The van der Waals surface area contributed by atoms with E-state index in [1.54, 1.807) is 24.2 Å². The van der Waals surface area contributed by atoms with E-state index in [-0.39, 0.29) is 23.8 Å². The Morgan fingerprint density at radius 1 is 1.06 bits per heavy atom. The number of sulfonamides is 1. The summed E-state index contributed by atoms with van der Waals surface area (Å²) in [5, 5.41) is 11.2. The Balaban J connectivity index is 1.45. The molecule has 1 fully saturated rings. The van der Waals surface area contributed by atoms with Crippen LogP contribution in [0, 0.1) is 11.3 Å². The quantitative estimate of drug-likeness (QED) is 0.509. The summed E-state index contributed by atoms with van der Waals surface area (Å²) in [5.41, 5.74) is 3.08. The Hall–Kier alpha value is -3.57. The van der Waals surface area contributed by atoms with Gasteiger partial charge in [-0.1, -0.05) is 18.2 Å². The molecule has 2 aliphatic heterocycles. The lowest BCUT2D eigenvalue weighted by Gasteiger charge is -2.31. The Kier molecular flexibility index (Phi) is 6.35. The standard InChI is InChI=1S/C28H29N3O4S/c1-3-36(33,34)31-27-9-8-26(35-25-10-12-30(13-11-25)19(2)32)16-24(27)17-28(31)22-7-6-21-5-4-20(18-29)14-23(21)15-22/h4-9,14-16,25,28H,3,10-13,17H2,1-2H3. The van der Waals surface area contributed by atoms with E-state index in [0.29, 0.717) is 30.8 Å². The molecule has 7 nitrogen and oxygen atoms in total. The Labute approximate surface area is 211 Å². The summed E-state index contributed by atoms with van der Waals surface area (Å²) in [6.07, 6.45) is 2.12. The minimum absolute atomic E-state index is 0.00206. The fourth-order valence-corrected chi connectivity index (χ4v) is 6.57. The summed E-state index contributed by atoms with van der Waals surface area (Å²) in [6.45, 7) is 4.62. The van der Waals surface area contributed by atoms with Gasteiger partial charge >= 0.3 is 0 Å². The normalized spacial score (nSPS) is 18.2. The predicted octanol–water partition coefficient (Wildman–Crippen LogP) is 4.55. The van der Waals surface area contributed by atoms with Crippen LogP contribution in [-0.2, 0) is 21.2 Å². The van der Waals surface area contributed by atoms with Crippen molar-refractivity contribution in [1.82, 2.24) is 4.90 Å². The first-order valence-corrected chi connectivity index (χ1v) is 13.9. The van der Waals surface area contributed by atoms with Crippen LogP contribution >= 0.6 is 0 Å². The van der Waals surface area contributed by atoms with E-state index in [0.717, 1.165) is 40.5 Å². The van der Waals surface area contributed by atoms with Crippen LogP contribution in [0.25, 0.3) is 10.8 Å². The monoisotopic (exact) mass is 503 g/mol. The summed E-state index contributed by atoms with van der Waals surface area (Å²) < 4.78 is 34.2. The molecule has 3 aromatic rings. The number of ether oxygens (including phenoxy) is 1. The molecule has 0 spiro atoms. The smallest absolute Gasteiger partial charge is 0.235 e. The highest BCUT2D eigenvalue weighted by Gasteiger charge is 2.38. The number of amides is 1. The number of likely N-dealkylation sites (tertiary alicyclic amines) is 1. The highest BCUT2D eigenvalue weighted by molar-refractivity contribution is 7.92. The first-order valence-electron chi connectivity index (χ1n) is 12.3.